The minimum absolute atomic E-state index is 0.273. The van der Waals surface area contributed by atoms with E-state index in [4.69, 9.17) is 11.6 Å². The Balaban J connectivity index is 2.02. The molecule has 1 unspecified atom stereocenters. The number of hydrogen-bond acceptors (Lipinski definition) is 3. The summed E-state index contributed by atoms with van der Waals surface area (Å²) in [5, 5.41) is 11.4. The second-order valence-corrected chi connectivity index (χ2v) is 12.7. The second-order valence-electron chi connectivity index (χ2n) is 8.46. The Labute approximate surface area is 200 Å². The monoisotopic (exact) mass is 524 g/mol. The van der Waals surface area contributed by atoms with Gasteiger partial charge in [-0.25, -0.2) is 0 Å². The number of unbranched alkanes of at least 4 members (excludes halogenated alkanes) is 7. The summed E-state index contributed by atoms with van der Waals surface area (Å²) in [4.78, 5) is 1.36. The van der Waals surface area contributed by atoms with Gasteiger partial charge in [0, 0.05) is 0 Å². The van der Waals surface area contributed by atoms with Crippen LogP contribution in [0.15, 0.2) is 65.1 Å². The first-order chi connectivity index (χ1) is 15.4. The van der Waals surface area contributed by atoms with Gasteiger partial charge in [0.25, 0.3) is 0 Å². The van der Waals surface area contributed by atoms with Crippen molar-refractivity contribution in [1.82, 2.24) is 0 Å². The molecule has 0 aromatic heterocycles. The van der Waals surface area contributed by atoms with E-state index in [1.54, 1.807) is 24.3 Å². The molecule has 5 heteroatoms. The molecule has 3 nitrogen and oxygen atoms in total. The van der Waals surface area contributed by atoms with Gasteiger partial charge in [-0.3, -0.25) is 0 Å². The first kappa shape index (κ1) is 26.8. The number of hydrogen-bond donors (Lipinski definition) is 1. The van der Waals surface area contributed by atoms with Gasteiger partial charge in [0.2, 0.25) is 0 Å². The van der Waals surface area contributed by atoms with Crippen LogP contribution in [0, 0.1) is 0 Å². The van der Waals surface area contributed by atoms with Gasteiger partial charge >= 0.3 is 201 Å². The van der Waals surface area contributed by atoms with Crippen molar-refractivity contribution in [2.45, 2.75) is 83.7 Å². The third kappa shape index (κ3) is 10.00. The zero-order chi connectivity index (χ0) is 23.2. The zero-order valence-corrected chi connectivity index (χ0v) is 21.6. The van der Waals surface area contributed by atoms with Crippen molar-refractivity contribution in [3.8, 4) is 0 Å². The number of halogens is 1. The first-order valence-electron chi connectivity index (χ1n) is 11.9. The molecule has 2 aromatic carbocycles. The van der Waals surface area contributed by atoms with Crippen molar-refractivity contribution < 1.29 is 12.8 Å². The third-order valence-corrected chi connectivity index (χ3v) is 9.23. The number of aliphatic hydroxyl groups is 1. The zero-order valence-electron chi connectivity index (χ0n) is 19.2. The van der Waals surface area contributed by atoms with Crippen LogP contribution >= 0.6 is 11.6 Å². The fourth-order valence-corrected chi connectivity index (χ4v) is 6.70. The maximum atomic E-state index is 13.0. The second kappa shape index (κ2) is 14.6. The van der Waals surface area contributed by atoms with Crippen molar-refractivity contribution in [2.24, 2.45) is 0 Å². The summed E-state index contributed by atoms with van der Waals surface area (Å²) in [6.07, 6.45) is 10.5. The van der Waals surface area contributed by atoms with Gasteiger partial charge < -0.3 is 0 Å². The van der Waals surface area contributed by atoms with Gasteiger partial charge in [-0.1, -0.05) is 0 Å². The number of aliphatic hydroxyl groups excluding tert-OH is 1. The van der Waals surface area contributed by atoms with E-state index in [2.05, 4.69) is 6.92 Å². The molecule has 176 valence electrons. The molecule has 0 aliphatic rings. The van der Waals surface area contributed by atoms with Crippen LogP contribution in [-0.2, 0) is 14.1 Å². The summed E-state index contributed by atoms with van der Waals surface area (Å²) in [5.41, 5.74) is 1.77. The van der Waals surface area contributed by atoms with Crippen molar-refractivity contribution in [2.75, 3.05) is 0 Å². The van der Waals surface area contributed by atoms with Crippen LogP contribution in [0.4, 0.5) is 0 Å². The van der Waals surface area contributed by atoms with E-state index in [1.165, 1.54) is 37.1 Å². The molecule has 2 aromatic rings. The molecule has 1 atom stereocenters. The average molecular weight is 524 g/mol. The standard InChI is InChI=1S/C27H37ClO3Se/c1-2-3-4-5-6-7-8-12-15-24(27(29)21-16-23-13-10-9-11-14-23)22-32(30,31)26-19-17-25(28)18-20-26/h9-11,13-14,17-20,22,27,29H,2-8,12,15-16,21H2,1H3/b24-22-. The van der Waals surface area contributed by atoms with Crippen molar-refractivity contribution in [3.05, 3.63) is 75.7 Å². The molecular weight excluding hydrogens is 487 g/mol. The topological polar surface area (TPSA) is 54.4 Å². The van der Waals surface area contributed by atoms with Crippen LogP contribution in [-0.4, -0.2) is 23.9 Å². The summed E-state index contributed by atoms with van der Waals surface area (Å²) in [6, 6.07) is 16.3. The Hall–Kier alpha value is -1.45. The third-order valence-electron chi connectivity index (χ3n) is 5.74. The summed E-state index contributed by atoms with van der Waals surface area (Å²) in [5.74, 6) is 0. The van der Waals surface area contributed by atoms with Gasteiger partial charge in [-0.05, 0) is 0 Å². The van der Waals surface area contributed by atoms with E-state index in [9.17, 15) is 12.8 Å². The summed E-state index contributed by atoms with van der Waals surface area (Å²) in [6.45, 7) is 2.22. The predicted molar refractivity (Wildman–Crippen MR) is 134 cm³/mol. The van der Waals surface area contributed by atoms with Crippen LogP contribution in [0.1, 0.15) is 76.7 Å². The van der Waals surface area contributed by atoms with Gasteiger partial charge in [0.15, 0.2) is 0 Å². The van der Waals surface area contributed by atoms with E-state index < -0.39 is 18.8 Å². The Morgan fingerprint density at radius 2 is 1.50 bits per heavy atom. The Morgan fingerprint density at radius 3 is 2.12 bits per heavy atom. The molecule has 0 radical (unpaired) electrons. The van der Waals surface area contributed by atoms with Gasteiger partial charge in [-0.2, -0.15) is 0 Å². The van der Waals surface area contributed by atoms with E-state index in [0.29, 0.717) is 29.9 Å². The van der Waals surface area contributed by atoms with Crippen molar-refractivity contribution in [1.29, 1.82) is 0 Å². The van der Waals surface area contributed by atoms with Gasteiger partial charge in [0.05, 0.1) is 0 Å². The first-order valence-corrected chi connectivity index (χ1v) is 15.5. The molecule has 0 amide bonds. The average Bonchev–Trinajstić information content (AvgIpc) is 2.79. The summed E-state index contributed by atoms with van der Waals surface area (Å²) in [7, 11) is 0. The van der Waals surface area contributed by atoms with Crippen LogP contribution < -0.4 is 4.46 Å². The minimum atomic E-state index is -4.52. The SMILES string of the molecule is CCCCCCCCCC/C(=C/[Se](=O)(=O)c1ccc(Cl)cc1)C(O)CCc1ccccc1. The molecular formula is C27H37ClO3Se. The molecule has 2 rings (SSSR count). The number of benzene rings is 2. The molecule has 0 fully saturated rings. The van der Waals surface area contributed by atoms with Crippen LogP contribution in [0.3, 0.4) is 0 Å². The maximum absolute atomic E-state index is 13.0. The summed E-state index contributed by atoms with van der Waals surface area (Å²) >= 11 is 1.40. The molecule has 1 N–H and O–H groups in total. The van der Waals surface area contributed by atoms with Gasteiger partial charge in [-0.15, -0.1) is 0 Å². The molecule has 0 spiro atoms. The Morgan fingerprint density at radius 1 is 0.906 bits per heavy atom. The molecule has 0 bridgehead atoms. The fourth-order valence-electron chi connectivity index (χ4n) is 3.79. The summed E-state index contributed by atoms with van der Waals surface area (Å²) < 4.78 is 26.3. The van der Waals surface area contributed by atoms with E-state index in [-0.39, 0.29) is 4.46 Å². The molecule has 0 saturated carbocycles. The van der Waals surface area contributed by atoms with E-state index in [1.807, 2.05) is 30.3 Å². The number of aryl methyl sites for hydroxylation is 1. The normalized spacial score (nSPS) is 13.3. The van der Waals surface area contributed by atoms with Crippen molar-refractivity contribution in [3.63, 3.8) is 0 Å². The van der Waals surface area contributed by atoms with E-state index >= 15 is 0 Å². The molecule has 0 heterocycles. The van der Waals surface area contributed by atoms with Crippen LogP contribution in [0.2, 0.25) is 5.02 Å². The molecule has 32 heavy (non-hydrogen) atoms. The molecule has 0 saturated heterocycles. The number of rotatable bonds is 15. The quantitative estimate of drug-likeness (QED) is 0.205. The molecule has 0 aliphatic carbocycles. The molecule has 0 aliphatic heterocycles. The van der Waals surface area contributed by atoms with Crippen LogP contribution in [0.5, 0.6) is 0 Å². The van der Waals surface area contributed by atoms with Crippen molar-refractivity contribution >= 4 is 28.8 Å². The van der Waals surface area contributed by atoms with E-state index in [0.717, 1.165) is 24.8 Å². The predicted octanol–water partition coefficient (Wildman–Crippen LogP) is 6.84. The Bertz CT molecular complexity index is 906. The van der Waals surface area contributed by atoms with Gasteiger partial charge in [0.1, 0.15) is 0 Å². The fraction of sp³-hybridized carbons (Fsp3) is 0.481. The van der Waals surface area contributed by atoms with Crippen LogP contribution in [0.25, 0.3) is 0 Å². The Kier molecular flexibility index (Phi) is 12.3.